The Kier molecular flexibility index (Phi) is 4.99. The van der Waals surface area contributed by atoms with E-state index >= 15 is 0 Å². The van der Waals surface area contributed by atoms with E-state index < -0.39 is 0 Å². The van der Waals surface area contributed by atoms with E-state index in [1.54, 1.807) is 18.2 Å². The zero-order chi connectivity index (χ0) is 12.3. The molecule has 1 atom stereocenters. The van der Waals surface area contributed by atoms with Crippen molar-refractivity contribution < 1.29 is 9.53 Å². The first kappa shape index (κ1) is 14.8. The third kappa shape index (κ3) is 3.37. The van der Waals surface area contributed by atoms with Gasteiger partial charge in [0.15, 0.2) is 0 Å². The molecule has 1 aromatic carbocycles. The number of carbonyl (C=O) groups excluding carboxylic acids is 1. The molecule has 4 nitrogen and oxygen atoms in total. The summed E-state index contributed by atoms with van der Waals surface area (Å²) in [6, 6.07) is 7.07. The van der Waals surface area contributed by atoms with Crippen LogP contribution < -0.4 is 11.1 Å². The number of para-hydroxylation sites is 1. The van der Waals surface area contributed by atoms with Crippen LogP contribution in [-0.4, -0.2) is 24.7 Å². The van der Waals surface area contributed by atoms with Crippen LogP contribution in [0.15, 0.2) is 24.3 Å². The lowest BCUT2D eigenvalue weighted by atomic mass is 10.0. The summed E-state index contributed by atoms with van der Waals surface area (Å²) in [6.45, 7) is 3.33. The number of hydrogen-bond acceptors (Lipinski definition) is 3. The summed E-state index contributed by atoms with van der Waals surface area (Å²) in [6.07, 6.45) is 2.04. The standard InChI is InChI=1S/C13H18N2O2.ClH/c1-13(7-4-8-17-13)9-15-12(16)10-5-2-3-6-11(10)14;/h2-3,5-6H,4,7-9,14H2,1H3,(H,15,16);1H. The normalized spacial score (nSPS) is 22.3. The maximum atomic E-state index is 11.9. The van der Waals surface area contributed by atoms with Crippen LogP contribution >= 0.6 is 12.4 Å². The number of rotatable bonds is 3. The maximum absolute atomic E-state index is 11.9. The second-order valence-electron chi connectivity index (χ2n) is 4.67. The molecule has 1 unspecified atom stereocenters. The number of carbonyl (C=O) groups is 1. The molecule has 0 aliphatic carbocycles. The zero-order valence-electron chi connectivity index (χ0n) is 10.4. The van der Waals surface area contributed by atoms with Crippen LogP contribution in [0, 0.1) is 0 Å². The summed E-state index contributed by atoms with van der Waals surface area (Å²) in [5.74, 6) is -0.139. The topological polar surface area (TPSA) is 64.4 Å². The van der Waals surface area contributed by atoms with Gasteiger partial charge in [-0.15, -0.1) is 12.4 Å². The predicted octanol–water partition coefficient (Wildman–Crippen LogP) is 1.99. The summed E-state index contributed by atoms with van der Waals surface area (Å²) in [5.41, 5.74) is 6.55. The van der Waals surface area contributed by atoms with E-state index in [-0.39, 0.29) is 23.9 Å². The van der Waals surface area contributed by atoms with Gasteiger partial charge in [0.05, 0.1) is 11.2 Å². The molecule has 1 saturated heterocycles. The number of hydrogen-bond donors (Lipinski definition) is 2. The second kappa shape index (κ2) is 6.07. The van der Waals surface area contributed by atoms with Gasteiger partial charge in [0.1, 0.15) is 0 Å². The van der Waals surface area contributed by atoms with E-state index in [4.69, 9.17) is 10.5 Å². The molecular formula is C13H19ClN2O2. The first-order chi connectivity index (χ1) is 8.11. The lowest BCUT2D eigenvalue weighted by molar-refractivity contribution is 0.0206. The van der Waals surface area contributed by atoms with E-state index in [1.165, 1.54) is 0 Å². The van der Waals surface area contributed by atoms with Crippen molar-refractivity contribution in [1.82, 2.24) is 5.32 Å². The second-order valence-corrected chi connectivity index (χ2v) is 4.67. The molecule has 18 heavy (non-hydrogen) atoms. The Morgan fingerprint density at radius 3 is 2.83 bits per heavy atom. The van der Waals surface area contributed by atoms with Crippen LogP contribution in [-0.2, 0) is 4.74 Å². The third-order valence-electron chi connectivity index (χ3n) is 3.13. The van der Waals surface area contributed by atoms with Crippen molar-refractivity contribution in [2.45, 2.75) is 25.4 Å². The number of nitrogen functional groups attached to an aromatic ring is 1. The van der Waals surface area contributed by atoms with Gasteiger partial charge in [-0.25, -0.2) is 0 Å². The van der Waals surface area contributed by atoms with Crippen molar-refractivity contribution in [2.24, 2.45) is 0 Å². The Morgan fingerprint density at radius 1 is 1.50 bits per heavy atom. The first-order valence-electron chi connectivity index (χ1n) is 5.87. The predicted molar refractivity (Wildman–Crippen MR) is 74.0 cm³/mol. The fourth-order valence-electron chi connectivity index (χ4n) is 2.04. The number of nitrogens with two attached hydrogens (primary N) is 1. The summed E-state index contributed by atoms with van der Waals surface area (Å²) < 4.78 is 5.61. The number of anilines is 1. The van der Waals surface area contributed by atoms with Crippen molar-refractivity contribution in [3.05, 3.63) is 29.8 Å². The molecule has 5 heteroatoms. The van der Waals surface area contributed by atoms with Gasteiger partial charge in [-0.2, -0.15) is 0 Å². The zero-order valence-corrected chi connectivity index (χ0v) is 11.3. The highest BCUT2D eigenvalue weighted by Gasteiger charge is 2.30. The van der Waals surface area contributed by atoms with Crippen LogP contribution in [0.5, 0.6) is 0 Å². The molecule has 0 aromatic heterocycles. The van der Waals surface area contributed by atoms with Gasteiger partial charge in [-0.1, -0.05) is 12.1 Å². The number of amides is 1. The molecule has 0 saturated carbocycles. The minimum Gasteiger partial charge on any atom is -0.398 e. The van der Waals surface area contributed by atoms with Gasteiger partial charge >= 0.3 is 0 Å². The van der Waals surface area contributed by atoms with E-state index in [2.05, 4.69) is 5.32 Å². The minimum atomic E-state index is -0.223. The van der Waals surface area contributed by atoms with Crippen LogP contribution in [0.4, 0.5) is 5.69 Å². The third-order valence-corrected chi connectivity index (χ3v) is 3.13. The summed E-state index contributed by atoms with van der Waals surface area (Å²) in [7, 11) is 0. The molecule has 1 fully saturated rings. The molecule has 1 aromatic rings. The van der Waals surface area contributed by atoms with Crippen LogP contribution in [0.1, 0.15) is 30.1 Å². The minimum absolute atomic E-state index is 0. The molecule has 1 aliphatic rings. The summed E-state index contributed by atoms with van der Waals surface area (Å²) in [5, 5.41) is 2.88. The SMILES string of the molecule is CC1(CNC(=O)c2ccccc2N)CCCO1.Cl. The van der Waals surface area contributed by atoms with Crippen LogP contribution in [0.3, 0.4) is 0 Å². The van der Waals surface area contributed by atoms with Gasteiger partial charge in [-0.05, 0) is 31.9 Å². The number of nitrogens with one attached hydrogen (secondary N) is 1. The van der Waals surface area contributed by atoms with Crippen molar-refractivity contribution in [3.63, 3.8) is 0 Å². The van der Waals surface area contributed by atoms with Crippen molar-refractivity contribution in [2.75, 3.05) is 18.9 Å². The van der Waals surface area contributed by atoms with Crippen molar-refractivity contribution >= 4 is 24.0 Å². The maximum Gasteiger partial charge on any atom is 0.253 e. The van der Waals surface area contributed by atoms with Crippen LogP contribution in [0.2, 0.25) is 0 Å². The molecule has 0 bridgehead atoms. The highest BCUT2D eigenvalue weighted by Crippen LogP contribution is 2.24. The fraction of sp³-hybridized carbons (Fsp3) is 0.462. The molecule has 100 valence electrons. The Balaban J connectivity index is 0.00000162. The van der Waals surface area contributed by atoms with Gasteiger partial charge in [0.2, 0.25) is 0 Å². The van der Waals surface area contributed by atoms with E-state index in [1.807, 2.05) is 13.0 Å². The number of ether oxygens (including phenoxy) is 1. The average Bonchev–Trinajstić information content (AvgIpc) is 2.74. The lowest BCUT2D eigenvalue weighted by Crippen LogP contribution is -2.40. The Morgan fingerprint density at radius 2 is 2.22 bits per heavy atom. The number of halogens is 1. The average molecular weight is 271 g/mol. The van der Waals surface area contributed by atoms with Crippen molar-refractivity contribution in [3.8, 4) is 0 Å². The Bertz CT molecular complexity index is 417. The molecule has 3 N–H and O–H groups in total. The molecule has 2 rings (SSSR count). The summed E-state index contributed by atoms with van der Waals surface area (Å²) in [4.78, 5) is 11.9. The lowest BCUT2D eigenvalue weighted by Gasteiger charge is -2.23. The van der Waals surface area contributed by atoms with Gasteiger partial charge in [-0.3, -0.25) is 4.79 Å². The molecular weight excluding hydrogens is 252 g/mol. The van der Waals surface area contributed by atoms with Crippen LogP contribution in [0.25, 0.3) is 0 Å². The first-order valence-corrected chi connectivity index (χ1v) is 5.87. The largest absolute Gasteiger partial charge is 0.398 e. The highest BCUT2D eigenvalue weighted by atomic mass is 35.5. The van der Waals surface area contributed by atoms with E-state index in [9.17, 15) is 4.79 Å². The molecule has 1 amide bonds. The van der Waals surface area contributed by atoms with E-state index in [0.717, 1.165) is 19.4 Å². The fourth-order valence-corrected chi connectivity index (χ4v) is 2.04. The quantitative estimate of drug-likeness (QED) is 0.826. The smallest absolute Gasteiger partial charge is 0.253 e. The molecule has 0 spiro atoms. The van der Waals surface area contributed by atoms with Gasteiger partial charge < -0.3 is 15.8 Å². The van der Waals surface area contributed by atoms with Gasteiger partial charge in [0, 0.05) is 18.8 Å². The monoisotopic (exact) mass is 270 g/mol. The summed E-state index contributed by atoms with van der Waals surface area (Å²) >= 11 is 0. The van der Waals surface area contributed by atoms with E-state index in [0.29, 0.717) is 17.8 Å². The number of benzene rings is 1. The molecule has 0 radical (unpaired) electrons. The molecule has 1 heterocycles. The Hall–Kier alpha value is -1.26. The van der Waals surface area contributed by atoms with Crippen molar-refractivity contribution in [1.29, 1.82) is 0 Å². The Labute approximate surface area is 113 Å². The highest BCUT2D eigenvalue weighted by molar-refractivity contribution is 5.99. The molecule has 1 aliphatic heterocycles. The van der Waals surface area contributed by atoms with Gasteiger partial charge in [0.25, 0.3) is 5.91 Å².